The topological polar surface area (TPSA) is 80.5 Å². The third-order valence-corrected chi connectivity index (χ3v) is 6.25. The van der Waals surface area contributed by atoms with Crippen molar-refractivity contribution in [3.05, 3.63) is 101 Å². The quantitative estimate of drug-likeness (QED) is 0.355. The maximum atomic E-state index is 13.7. The van der Waals surface area contributed by atoms with Gasteiger partial charge in [-0.2, -0.15) is 4.98 Å². The molecule has 8 heteroatoms. The number of rotatable bonds is 6. The molecule has 0 aliphatic carbocycles. The minimum absolute atomic E-state index is 0.260. The number of carbonyl (C=O) groups is 1. The van der Waals surface area contributed by atoms with Crippen molar-refractivity contribution in [2.24, 2.45) is 0 Å². The molecule has 182 valence electrons. The Morgan fingerprint density at radius 1 is 1.08 bits per heavy atom. The average molecular weight is 485 g/mol. The SMILES string of the molecule is CCc1cccc(N2C(=O)NC(c3ccc(F)cc3)C(c3nc(-c4cccc(OC)c4)no3)=C2C)c1. The Morgan fingerprint density at radius 2 is 1.86 bits per heavy atom. The molecule has 1 aromatic heterocycles. The Labute approximate surface area is 208 Å². The van der Waals surface area contributed by atoms with E-state index in [1.165, 1.54) is 12.1 Å². The van der Waals surface area contributed by atoms with Gasteiger partial charge in [0, 0.05) is 11.3 Å². The number of methoxy groups -OCH3 is 1. The second-order valence-corrected chi connectivity index (χ2v) is 8.45. The molecular weight excluding hydrogens is 459 g/mol. The number of amides is 2. The van der Waals surface area contributed by atoms with Crippen LogP contribution in [0.2, 0.25) is 0 Å². The molecule has 0 saturated heterocycles. The fourth-order valence-electron chi connectivity index (χ4n) is 4.36. The van der Waals surface area contributed by atoms with Crippen molar-refractivity contribution in [2.45, 2.75) is 26.3 Å². The van der Waals surface area contributed by atoms with E-state index in [9.17, 15) is 9.18 Å². The zero-order valence-electron chi connectivity index (χ0n) is 20.2. The number of aromatic nitrogens is 2. The fourth-order valence-corrected chi connectivity index (χ4v) is 4.36. The van der Waals surface area contributed by atoms with Crippen molar-refractivity contribution >= 4 is 17.3 Å². The van der Waals surface area contributed by atoms with Crippen LogP contribution in [-0.2, 0) is 6.42 Å². The Hall–Kier alpha value is -4.46. The van der Waals surface area contributed by atoms with Gasteiger partial charge in [-0.05, 0) is 60.9 Å². The molecule has 1 atom stereocenters. The van der Waals surface area contributed by atoms with Gasteiger partial charge in [0.2, 0.25) is 5.82 Å². The lowest BCUT2D eigenvalue weighted by atomic mass is 9.94. The average Bonchev–Trinajstić information content (AvgIpc) is 3.39. The lowest BCUT2D eigenvalue weighted by molar-refractivity contribution is 0.244. The van der Waals surface area contributed by atoms with Crippen LogP contribution >= 0.6 is 0 Å². The van der Waals surface area contributed by atoms with Crippen LogP contribution in [0.3, 0.4) is 0 Å². The van der Waals surface area contributed by atoms with Crippen LogP contribution in [0.5, 0.6) is 5.75 Å². The highest BCUT2D eigenvalue weighted by molar-refractivity contribution is 6.01. The van der Waals surface area contributed by atoms with Crippen molar-refractivity contribution in [1.29, 1.82) is 0 Å². The lowest BCUT2D eigenvalue weighted by Gasteiger charge is -2.35. The van der Waals surface area contributed by atoms with E-state index in [-0.39, 0.29) is 17.7 Å². The van der Waals surface area contributed by atoms with E-state index in [4.69, 9.17) is 9.26 Å². The van der Waals surface area contributed by atoms with Crippen molar-refractivity contribution in [2.75, 3.05) is 12.0 Å². The van der Waals surface area contributed by atoms with Crippen LogP contribution in [0.1, 0.15) is 36.9 Å². The summed E-state index contributed by atoms with van der Waals surface area (Å²) in [6.07, 6.45) is 0.838. The smallest absolute Gasteiger partial charge is 0.326 e. The first-order chi connectivity index (χ1) is 17.5. The van der Waals surface area contributed by atoms with Crippen molar-refractivity contribution in [3.8, 4) is 17.1 Å². The number of urea groups is 1. The van der Waals surface area contributed by atoms with Gasteiger partial charge in [-0.1, -0.05) is 48.5 Å². The number of halogens is 1. The number of aryl methyl sites for hydroxylation is 1. The number of anilines is 1. The molecule has 5 rings (SSSR count). The zero-order chi connectivity index (χ0) is 25.2. The first kappa shape index (κ1) is 23.3. The summed E-state index contributed by atoms with van der Waals surface area (Å²) in [7, 11) is 1.59. The minimum Gasteiger partial charge on any atom is -0.497 e. The van der Waals surface area contributed by atoms with Crippen LogP contribution < -0.4 is 15.0 Å². The molecule has 0 fully saturated rings. The number of ether oxygens (including phenoxy) is 1. The van der Waals surface area contributed by atoms with E-state index >= 15 is 0 Å². The second kappa shape index (κ2) is 9.65. The van der Waals surface area contributed by atoms with Gasteiger partial charge >= 0.3 is 6.03 Å². The largest absolute Gasteiger partial charge is 0.497 e. The number of nitrogens with one attached hydrogen (secondary N) is 1. The van der Waals surface area contributed by atoms with Gasteiger partial charge in [0.25, 0.3) is 5.89 Å². The van der Waals surface area contributed by atoms with Crippen LogP contribution in [-0.4, -0.2) is 23.3 Å². The molecule has 4 aromatic rings. The standard InChI is InChI=1S/C28H25FN4O3/c1-4-18-7-5-9-22(15-18)33-17(2)24(25(30-28(33)34)19-11-13-21(29)14-12-19)27-31-26(32-36-27)20-8-6-10-23(16-20)35-3/h5-16,25H,4H2,1-3H3,(H,30,34). The first-order valence-electron chi connectivity index (χ1n) is 11.6. The molecule has 1 aliphatic rings. The van der Waals surface area contributed by atoms with Crippen LogP contribution in [0.25, 0.3) is 17.0 Å². The van der Waals surface area contributed by atoms with Gasteiger partial charge in [0.05, 0.1) is 24.4 Å². The summed E-state index contributed by atoms with van der Waals surface area (Å²) >= 11 is 0. The normalized spacial score (nSPS) is 15.7. The lowest BCUT2D eigenvalue weighted by Crippen LogP contribution is -2.46. The molecule has 2 amide bonds. The number of allylic oxidation sites excluding steroid dienone is 1. The Balaban J connectivity index is 1.65. The molecule has 36 heavy (non-hydrogen) atoms. The van der Waals surface area contributed by atoms with Crippen molar-refractivity contribution < 1.29 is 18.4 Å². The summed E-state index contributed by atoms with van der Waals surface area (Å²) < 4.78 is 24.7. The highest BCUT2D eigenvalue weighted by Gasteiger charge is 2.36. The molecule has 1 N–H and O–H groups in total. The highest BCUT2D eigenvalue weighted by atomic mass is 19.1. The van der Waals surface area contributed by atoms with Gasteiger partial charge in [-0.3, -0.25) is 4.90 Å². The second-order valence-electron chi connectivity index (χ2n) is 8.45. The van der Waals surface area contributed by atoms with Gasteiger partial charge in [-0.15, -0.1) is 0 Å². The Morgan fingerprint density at radius 3 is 2.61 bits per heavy atom. The monoisotopic (exact) mass is 484 g/mol. The number of hydrogen-bond donors (Lipinski definition) is 1. The Kier molecular flexibility index (Phi) is 6.25. The molecule has 0 radical (unpaired) electrons. The molecule has 1 aliphatic heterocycles. The summed E-state index contributed by atoms with van der Waals surface area (Å²) in [5.74, 6) is 0.958. The number of carbonyl (C=O) groups excluding carboxylic acids is 1. The van der Waals surface area contributed by atoms with E-state index < -0.39 is 6.04 Å². The third kappa shape index (κ3) is 4.33. The van der Waals surface area contributed by atoms with E-state index in [0.29, 0.717) is 28.4 Å². The summed E-state index contributed by atoms with van der Waals surface area (Å²) in [5.41, 5.74) is 4.53. The predicted octanol–water partition coefficient (Wildman–Crippen LogP) is 6.15. The van der Waals surface area contributed by atoms with Gasteiger partial charge in [-0.25, -0.2) is 9.18 Å². The molecule has 7 nitrogen and oxygen atoms in total. The van der Waals surface area contributed by atoms with Crippen molar-refractivity contribution in [3.63, 3.8) is 0 Å². The van der Waals surface area contributed by atoms with Gasteiger partial charge in [0.1, 0.15) is 11.6 Å². The van der Waals surface area contributed by atoms with Gasteiger partial charge in [0.15, 0.2) is 0 Å². The fraction of sp³-hybridized carbons (Fsp3) is 0.179. The highest BCUT2D eigenvalue weighted by Crippen LogP contribution is 2.39. The zero-order valence-corrected chi connectivity index (χ0v) is 20.2. The molecule has 0 saturated carbocycles. The first-order valence-corrected chi connectivity index (χ1v) is 11.6. The van der Waals surface area contributed by atoms with E-state index in [2.05, 4.69) is 22.4 Å². The van der Waals surface area contributed by atoms with Crippen molar-refractivity contribution in [1.82, 2.24) is 15.5 Å². The maximum Gasteiger partial charge on any atom is 0.326 e. The predicted molar refractivity (Wildman–Crippen MR) is 135 cm³/mol. The summed E-state index contributed by atoms with van der Waals surface area (Å²) in [6, 6.07) is 20.3. The maximum absolute atomic E-state index is 13.7. The third-order valence-electron chi connectivity index (χ3n) is 6.25. The summed E-state index contributed by atoms with van der Waals surface area (Å²) in [5, 5.41) is 7.23. The van der Waals surface area contributed by atoms with E-state index in [0.717, 1.165) is 23.2 Å². The Bertz CT molecular complexity index is 1450. The number of nitrogens with zero attached hydrogens (tertiary/aromatic N) is 3. The molecule has 2 heterocycles. The van der Waals surface area contributed by atoms with E-state index in [1.54, 1.807) is 24.1 Å². The molecular formula is C28H25FN4O3. The van der Waals surface area contributed by atoms with Crippen LogP contribution in [0.4, 0.5) is 14.9 Å². The van der Waals surface area contributed by atoms with Crippen LogP contribution in [0.15, 0.2) is 83.0 Å². The summed E-state index contributed by atoms with van der Waals surface area (Å²) in [4.78, 5) is 19.6. The number of benzene rings is 3. The molecule has 3 aromatic carbocycles. The molecule has 0 bridgehead atoms. The van der Waals surface area contributed by atoms with Gasteiger partial charge < -0.3 is 14.6 Å². The minimum atomic E-state index is -0.609. The number of hydrogen-bond acceptors (Lipinski definition) is 5. The van der Waals surface area contributed by atoms with E-state index in [1.807, 2.05) is 55.5 Å². The molecule has 0 spiro atoms. The molecule has 1 unspecified atom stereocenters. The summed E-state index contributed by atoms with van der Waals surface area (Å²) in [6.45, 7) is 3.91. The van der Waals surface area contributed by atoms with Crippen LogP contribution in [0, 0.1) is 5.82 Å².